The Morgan fingerprint density at radius 3 is 2.93 bits per heavy atom. The van der Waals surface area contributed by atoms with E-state index >= 15 is 0 Å². The Kier molecular flexibility index (Phi) is 4.64. The fourth-order valence-electron chi connectivity index (χ4n) is 3.74. The van der Waals surface area contributed by atoms with Crippen molar-refractivity contribution in [3.8, 4) is 0 Å². The van der Waals surface area contributed by atoms with Crippen molar-refractivity contribution in [1.29, 1.82) is 0 Å². The summed E-state index contributed by atoms with van der Waals surface area (Å²) in [5, 5.41) is 6.84. The summed E-state index contributed by atoms with van der Waals surface area (Å²) >= 11 is 1.65. The minimum atomic E-state index is 0.0364. The molecule has 0 radical (unpaired) electrons. The van der Waals surface area contributed by atoms with Crippen molar-refractivity contribution in [3.63, 3.8) is 0 Å². The first-order valence-electron chi connectivity index (χ1n) is 9.40. The van der Waals surface area contributed by atoms with E-state index in [2.05, 4.69) is 57.3 Å². The fraction of sp³-hybridized carbons (Fsp3) is 0.238. The van der Waals surface area contributed by atoms with E-state index < -0.39 is 0 Å². The van der Waals surface area contributed by atoms with Crippen molar-refractivity contribution in [1.82, 2.24) is 19.3 Å². The van der Waals surface area contributed by atoms with Crippen molar-refractivity contribution < 1.29 is 4.74 Å². The highest BCUT2D eigenvalue weighted by Gasteiger charge is 2.28. The van der Waals surface area contributed by atoms with Gasteiger partial charge >= 0.3 is 0 Å². The van der Waals surface area contributed by atoms with Crippen LogP contribution < -0.4 is 10.5 Å². The zero-order chi connectivity index (χ0) is 18.9. The molecule has 3 heterocycles. The Labute approximate surface area is 167 Å². The van der Waals surface area contributed by atoms with E-state index in [9.17, 15) is 0 Å². The van der Waals surface area contributed by atoms with Gasteiger partial charge in [0.15, 0.2) is 5.82 Å². The van der Waals surface area contributed by atoms with Crippen LogP contribution in [0, 0.1) is 0 Å². The number of benzene rings is 2. The maximum Gasteiger partial charge on any atom is 0.151 e. The predicted octanol–water partition coefficient (Wildman–Crippen LogP) is 3.98. The molecule has 4 aromatic rings. The highest BCUT2D eigenvalue weighted by Crippen LogP contribution is 2.34. The molecule has 7 heteroatoms. The van der Waals surface area contributed by atoms with Crippen LogP contribution in [0.5, 0.6) is 0 Å². The molecule has 1 unspecified atom stereocenters. The molecule has 0 aliphatic carbocycles. The Morgan fingerprint density at radius 2 is 2.00 bits per heavy atom. The molecule has 1 fully saturated rings. The molecular weight excluding hydrogens is 370 g/mol. The van der Waals surface area contributed by atoms with Gasteiger partial charge in [0.1, 0.15) is 17.9 Å². The lowest BCUT2D eigenvalue weighted by molar-refractivity contribution is 0.0448. The van der Waals surface area contributed by atoms with Gasteiger partial charge in [-0.05, 0) is 59.8 Å². The summed E-state index contributed by atoms with van der Waals surface area (Å²) in [5.41, 5.74) is 7.79. The van der Waals surface area contributed by atoms with Crippen LogP contribution in [-0.4, -0.2) is 27.2 Å². The molecule has 1 aliphatic rings. The Morgan fingerprint density at radius 1 is 1.11 bits per heavy atom. The van der Waals surface area contributed by atoms with Crippen LogP contribution in [0.3, 0.4) is 0 Å². The number of anilines is 1. The first-order valence-corrected chi connectivity index (χ1v) is 10.2. The second-order valence-electron chi connectivity index (χ2n) is 6.98. The lowest BCUT2D eigenvalue weighted by atomic mass is 10.1. The lowest BCUT2D eigenvalue weighted by Gasteiger charge is -2.14. The molecule has 1 aliphatic heterocycles. The molecule has 142 valence electrons. The quantitative estimate of drug-likeness (QED) is 0.501. The summed E-state index contributed by atoms with van der Waals surface area (Å²) in [5.74, 6) is 0.490. The molecule has 2 aromatic heterocycles. The molecule has 0 saturated carbocycles. The number of hydrogen-bond donors (Lipinski definition) is 2. The highest BCUT2D eigenvalue weighted by atomic mass is 32.2. The normalized spacial score (nSPS) is 19.6. The minimum absolute atomic E-state index is 0.0364. The van der Waals surface area contributed by atoms with Gasteiger partial charge in [-0.1, -0.05) is 30.3 Å². The maximum atomic E-state index is 6.26. The van der Waals surface area contributed by atoms with Crippen LogP contribution in [-0.2, 0) is 4.74 Å². The van der Waals surface area contributed by atoms with Crippen molar-refractivity contribution >= 4 is 34.1 Å². The number of ether oxygens (including phenoxy) is 1. The summed E-state index contributed by atoms with van der Waals surface area (Å²) in [6.45, 7) is 0.800. The first-order chi connectivity index (χ1) is 13.8. The van der Waals surface area contributed by atoms with Crippen LogP contribution in [0.2, 0.25) is 0 Å². The monoisotopic (exact) mass is 391 g/mol. The Bertz CT molecular complexity index is 1130. The summed E-state index contributed by atoms with van der Waals surface area (Å²) in [6, 6.07) is 18.9. The van der Waals surface area contributed by atoms with E-state index in [1.165, 1.54) is 22.0 Å². The number of aromatic nitrogens is 3. The molecule has 28 heavy (non-hydrogen) atoms. The number of nitrogens with zero attached hydrogens (tertiary/aromatic N) is 3. The number of nitrogens with two attached hydrogens (primary N) is 1. The summed E-state index contributed by atoms with van der Waals surface area (Å²) in [6.07, 6.45) is 3.70. The van der Waals surface area contributed by atoms with Gasteiger partial charge in [-0.25, -0.2) is 9.50 Å². The van der Waals surface area contributed by atoms with Gasteiger partial charge in [-0.15, -0.1) is 0 Å². The number of fused-ring (bicyclic) bond motifs is 2. The zero-order valence-electron chi connectivity index (χ0n) is 15.3. The van der Waals surface area contributed by atoms with E-state index in [0.717, 1.165) is 30.6 Å². The van der Waals surface area contributed by atoms with Gasteiger partial charge in [0, 0.05) is 11.4 Å². The molecule has 2 atom stereocenters. The summed E-state index contributed by atoms with van der Waals surface area (Å²) < 4.78 is 11.6. The van der Waals surface area contributed by atoms with E-state index in [4.69, 9.17) is 10.5 Å². The van der Waals surface area contributed by atoms with Crippen LogP contribution in [0.25, 0.3) is 16.3 Å². The van der Waals surface area contributed by atoms with Gasteiger partial charge in [-0.3, -0.25) is 4.72 Å². The molecule has 0 spiro atoms. The predicted molar refractivity (Wildman–Crippen MR) is 112 cm³/mol. The average Bonchev–Trinajstić information content (AvgIpc) is 3.35. The summed E-state index contributed by atoms with van der Waals surface area (Å²) in [7, 11) is 0. The third-order valence-electron chi connectivity index (χ3n) is 5.17. The standard InChI is InChI=1S/C21H21N5OS/c22-21-19-9-8-18(26(19)24-13-23-21)20-10-6-16(27-20)12-25-28-17-7-5-14-3-1-2-4-15(14)11-17/h1-5,7-9,11,13,16,20,25H,6,10,12H2,(H2,22,23,24)/t16-,20?/m0/s1. The van der Waals surface area contributed by atoms with Crippen molar-refractivity contribution in [3.05, 3.63) is 66.6 Å². The van der Waals surface area contributed by atoms with Crippen LogP contribution in [0.4, 0.5) is 5.82 Å². The topological polar surface area (TPSA) is 77.5 Å². The number of rotatable bonds is 5. The van der Waals surface area contributed by atoms with Gasteiger partial charge < -0.3 is 10.5 Å². The Hall–Kier alpha value is -2.61. The molecule has 6 nitrogen and oxygen atoms in total. The van der Waals surface area contributed by atoms with Crippen molar-refractivity contribution in [2.24, 2.45) is 0 Å². The van der Waals surface area contributed by atoms with E-state index in [0.29, 0.717) is 5.82 Å². The smallest absolute Gasteiger partial charge is 0.151 e. The highest BCUT2D eigenvalue weighted by molar-refractivity contribution is 7.97. The fourth-order valence-corrected chi connectivity index (χ4v) is 4.50. The molecule has 3 N–H and O–H groups in total. The maximum absolute atomic E-state index is 6.26. The molecule has 5 rings (SSSR count). The van der Waals surface area contributed by atoms with E-state index in [1.807, 2.05) is 16.6 Å². The average molecular weight is 392 g/mol. The first kappa shape index (κ1) is 17.5. The molecule has 1 saturated heterocycles. The SMILES string of the molecule is Nc1ncnn2c(C3CC[C@@H](CNSc4ccc5ccccc5c4)O3)ccc12. The Balaban J connectivity index is 1.20. The molecule has 0 amide bonds. The van der Waals surface area contributed by atoms with Gasteiger partial charge in [-0.2, -0.15) is 5.10 Å². The number of nitrogens with one attached hydrogen (secondary N) is 1. The second kappa shape index (κ2) is 7.43. The van der Waals surface area contributed by atoms with Crippen molar-refractivity contribution in [2.45, 2.75) is 29.9 Å². The van der Waals surface area contributed by atoms with Gasteiger partial charge in [0.25, 0.3) is 0 Å². The number of nitrogen functional groups attached to an aromatic ring is 1. The third kappa shape index (κ3) is 3.32. The largest absolute Gasteiger partial charge is 0.382 e. The van der Waals surface area contributed by atoms with Crippen LogP contribution in [0.15, 0.2) is 65.8 Å². The third-order valence-corrected chi connectivity index (χ3v) is 5.97. The minimum Gasteiger partial charge on any atom is -0.382 e. The molecular formula is C21H21N5OS. The van der Waals surface area contributed by atoms with Crippen LogP contribution in [0.1, 0.15) is 24.6 Å². The second-order valence-corrected chi connectivity index (χ2v) is 7.95. The van der Waals surface area contributed by atoms with Crippen molar-refractivity contribution in [2.75, 3.05) is 12.3 Å². The zero-order valence-corrected chi connectivity index (χ0v) is 16.1. The van der Waals surface area contributed by atoms with Crippen LogP contribution >= 0.6 is 11.9 Å². The molecule has 2 aromatic carbocycles. The lowest BCUT2D eigenvalue weighted by Crippen LogP contribution is -2.21. The van der Waals surface area contributed by atoms with E-state index in [-0.39, 0.29) is 12.2 Å². The van der Waals surface area contributed by atoms with E-state index in [1.54, 1.807) is 11.9 Å². The summed E-state index contributed by atoms with van der Waals surface area (Å²) in [4.78, 5) is 5.25. The number of hydrogen-bond acceptors (Lipinski definition) is 6. The molecule has 0 bridgehead atoms. The van der Waals surface area contributed by atoms with Gasteiger partial charge in [0.2, 0.25) is 0 Å². The van der Waals surface area contributed by atoms with Gasteiger partial charge in [0.05, 0.1) is 11.8 Å².